The van der Waals surface area contributed by atoms with Crippen molar-refractivity contribution >= 4 is 17.3 Å². The molecule has 0 aliphatic carbocycles. The normalized spacial score (nSPS) is 10.2. The topological polar surface area (TPSA) is 71.3 Å². The molecule has 0 saturated heterocycles. The van der Waals surface area contributed by atoms with E-state index < -0.39 is 0 Å². The number of nitrogens with one attached hydrogen (secondary N) is 1. The van der Waals surface area contributed by atoms with Crippen molar-refractivity contribution in [3.05, 3.63) is 22.2 Å². The van der Waals surface area contributed by atoms with Crippen molar-refractivity contribution in [3.63, 3.8) is 0 Å². The number of aromatic nitrogens is 1. The summed E-state index contributed by atoms with van der Waals surface area (Å²) in [5.74, 6) is 1.10. The summed E-state index contributed by atoms with van der Waals surface area (Å²) in [5, 5.41) is 14.0. The highest BCUT2D eigenvalue weighted by atomic mass is 16.6. The van der Waals surface area contributed by atoms with Gasteiger partial charge < -0.3 is 10.2 Å². The van der Waals surface area contributed by atoms with Crippen molar-refractivity contribution in [1.29, 1.82) is 0 Å². The summed E-state index contributed by atoms with van der Waals surface area (Å²) in [6.07, 6.45) is 1.87. The van der Waals surface area contributed by atoms with Crippen LogP contribution < -0.4 is 10.2 Å². The number of hydrogen-bond donors (Lipinski definition) is 1. The van der Waals surface area contributed by atoms with Crippen LogP contribution in [0.5, 0.6) is 0 Å². The van der Waals surface area contributed by atoms with Crippen molar-refractivity contribution in [1.82, 2.24) is 4.98 Å². The maximum atomic E-state index is 11.1. The zero-order valence-corrected chi connectivity index (χ0v) is 11.1. The highest BCUT2D eigenvalue weighted by molar-refractivity contribution is 5.61. The quantitative estimate of drug-likeness (QED) is 0.596. The third-order valence-corrected chi connectivity index (χ3v) is 2.59. The van der Waals surface area contributed by atoms with E-state index in [2.05, 4.69) is 24.1 Å². The Bertz CT molecular complexity index is 403. The first kappa shape index (κ1) is 14.2. The van der Waals surface area contributed by atoms with Crippen molar-refractivity contribution in [2.45, 2.75) is 26.7 Å². The average molecular weight is 252 g/mol. The zero-order valence-electron chi connectivity index (χ0n) is 11.1. The monoisotopic (exact) mass is 252 g/mol. The fourth-order valence-electron chi connectivity index (χ4n) is 1.82. The number of rotatable bonds is 7. The molecule has 0 spiro atoms. The molecule has 0 unspecified atom stereocenters. The molecule has 6 heteroatoms. The van der Waals surface area contributed by atoms with Crippen molar-refractivity contribution in [2.24, 2.45) is 0 Å². The number of hydrogen-bond acceptors (Lipinski definition) is 5. The Balaban J connectivity index is 3.18. The van der Waals surface area contributed by atoms with Gasteiger partial charge in [-0.05, 0) is 18.9 Å². The second kappa shape index (κ2) is 6.78. The lowest BCUT2D eigenvalue weighted by atomic mass is 10.3. The van der Waals surface area contributed by atoms with Gasteiger partial charge in [-0.25, -0.2) is 4.98 Å². The first-order chi connectivity index (χ1) is 8.63. The Labute approximate surface area is 107 Å². The molecular weight excluding hydrogens is 232 g/mol. The molecule has 18 heavy (non-hydrogen) atoms. The third kappa shape index (κ3) is 3.32. The summed E-state index contributed by atoms with van der Waals surface area (Å²) in [6, 6.07) is 3.13. The van der Waals surface area contributed by atoms with E-state index in [0.717, 1.165) is 25.9 Å². The number of anilines is 2. The highest BCUT2D eigenvalue weighted by Gasteiger charge is 2.20. The molecular formula is C12H20N4O2. The van der Waals surface area contributed by atoms with Crippen LogP contribution >= 0.6 is 0 Å². The predicted octanol–water partition coefficient (Wildman–Crippen LogP) is 2.66. The number of nitro groups is 1. The van der Waals surface area contributed by atoms with E-state index in [1.165, 1.54) is 6.07 Å². The Kier molecular flexibility index (Phi) is 5.35. The average Bonchev–Trinajstić information content (AvgIpc) is 2.37. The van der Waals surface area contributed by atoms with Gasteiger partial charge in [-0.2, -0.15) is 0 Å². The fraction of sp³-hybridized carbons (Fsp3) is 0.583. The van der Waals surface area contributed by atoms with Crippen LogP contribution in [0.25, 0.3) is 0 Å². The molecule has 1 N–H and O–H groups in total. The van der Waals surface area contributed by atoms with E-state index in [1.54, 1.807) is 13.1 Å². The molecule has 0 aliphatic rings. The van der Waals surface area contributed by atoms with Crippen LogP contribution in [0.4, 0.5) is 17.3 Å². The predicted molar refractivity (Wildman–Crippen MR) is 73.2 cm³/mol. The molecule has 0 aliphatic heterocycles. The van der Waals surface area contributed by atoms with Gasteiger partial charge in [0.2, 0.25) is 5.82 Å². The molecule has 0 fully saturated rings. The lowest BCUT2D eigenvalue weighted by Crippen LogP contribution is -2.26. The van der Waals surface area contributed by atoms with Crippen LogP contribution in [0, 0.1) is 10.1 Å². The van der Waals surface area contributed by atoms with E-state index in [9.17, 15) is 10.1 Å². The second-order valence-corrected chi connectivity index (χ2v) is 4.03. The molecule has 6 nitrogen and oxygen atoms in total. The van der Waals surface area contributed by atoms with E-state index in [4.69, 9.17) is 0 Å². The van der Waals surface area contributed by atoms with Crippen molar-refractivity contribution in [2.75, 3.05) is 30.4 Å². The van der Waals surface area contributed by atoms with Crippen LogP contribution in [0.2, 0.25) is 0 Å². The van der Waals surface area contributed by atoms with Crippen LogP contribution in [0.15, 0.2) is 12.1 Å². The summed E-state index contributed by atoms with van der Waals surface area (Å²) < 4.78 is 0. The summed E-state index contributed by atoms with van der Waals surface area (Å²) in [4.78, 5) is 17.0. The Hall–Kier alpha value is -1.85. The molecule has 0 amide bonds. The SMILES string of the molecule is CCCN(CCC)c1nc(NC)ccc1[N+](=O)[O-]. The molecule has 1 heterocycles. The lowest BCUT2D eigenvalue weighted by Gasteiger charge is -2.22. The van der Waals surface area contributed by atoms with Crippen molar-refractivity contribution in [3.8, 4) is 0 Å². The van der Waals surface area contributed by atoms with Gasteiger partial charge in [-0.15, -0.1) is 0 Å². The largest absolute Gasteiger partial charge is 0.373 e. The molecule has 1 aromatic rings. The molecule has 1 aromatic heterocycles. The van der Waals surface area contributed by atoms with Crippen LogP contribution in [-0.4, -0.2) is 30.0 Å². The van der Waals surface area contributed by atoms with Crippen LogP contribution in [0.1, 0.15) is 26.7 Å². The summed E-state index contributed by atoms with van der Waals surface area (Å²) in [7, 11) is 1.75. The molecule has 0 aromatic carbocycles. The summed E-state index contributed by atoms with van der Waals surface area (Å²) in [6.45, 7) is 5.65. The smallest absolute Gasteiger partial charge is 0.311 e. The van der Waals surface area contributed by atoms with E-state index in [1.807, 2.05) is 4.90 Å². The van der Waals surface area contributed by atoms with Gasteiger partial charge in [-0.3, -0.25) is 10.1 Å². The molecule has 0 atom stereocenters. The van der Waals surface area contributed by atoms with Gasteiger partial charge in [0.15, 0.2) is 0 Å². The van der Waals surface area contributed by atoms with Crippen LogP contribution in [-0.2, 0) is 0 Å². The molecule has 0 bridgehead atoms. The minimum Gasteiger partial charge on any atom is -0.373 e. The zero-order chi connectivity index (χ0) is 13.5. The molecule has 1 rings (SSSR count). The second-order valence-electron chi connectivity index (χ2n) is 4.03. The van der Waals surface area contributed by atoms with Gasteiger partial charge in [0.05, 0.1) is 4.92 Å². The summed E-state index contributed by atoms with van der Waals surface area (Å²) in [5.41, 5.74) is 0.0656. The van der Waals surface area contributed by atoms with Crippen molar-refractivity contribution < 1.29 is 4.92 Å². The number of nitrogens with zero attached hydrogens (tertiary/aromatic N) is 3. The highest BCUT2D eigenvalue weighted by Crippen LogP contribution is 2.27. The minimum absolute atomic E-state index is 0.0656. The molecule has 0 saturated carbocycles. The maximum Gasteiger partial charge on any atom is 0.311 e. The minimum atomic E-state index is -0.375. The van der Waals surface area contributed by atoms with E-state index >= 15 is 0 Å². The van der Waals surface area contributed by atoms with E-state index in [0.29, 0.717) is 11.6 Å². The maximum absolute atomic E-state index is 11.1. The van der Waals surface area contributed by atoms with Gasteiger partial charge in [0.25, 0.3) is 0 Å². The number of pyridine rings is 1. The van der Waals surface area contributed by atoms with Gasteiger partial charge in [0.1, 0.15) is 5.82 Å². The molecule has 100 valence electrons. The fourth-order valence-corrected chi connectivity index (χ4v) is 1.82. The molecule has 0 radical (unpaired) electrons. The Morgan fingerprint density at radius 2 is 1.94 bits per heavy atom. The van der Waals surface area contributed by atoms with Crippen LogP contribution in [0.3, 0.4) is 0 Å². The summed E-state index contributed by atoms with van der Waals surface area (Å²) >= 11 is 0. The standard InChI is InChI=1S/C12H20N4O2/c1-4-8-15(9-5-2)12-10(16(17)18)6-7-11(13-3)14-12/h6-7H,4-5,8-9H2,1-3H3,(H,13,14). The van der Waals surface area contributed by atoms with Gasteiger partial charge in [-0.1, -0.05) is 13.8 Å². The first-order valence-corrected chi connectivity index (χ1v) is 6.22. The Morgan fingerprint density at radius 3 is 2.39 bits per heavy atom. The third-order valence-electron chi connectivity index (χ3n) is 2.59. The Morgan fingerprint density at radius 1 is 1.33 bits per heavy atom. The van der Waals surface area contributed by atoms with Gasteiger partial charge in [0, 0.05) is 26.2 Å². The lowest BCUT2D eigenvalue weighted by molar-refractivity contribution is -0.384. The van der Waals surface area contributed by atoms with Gasteiger partial charge >= 0.3 is 5.69 Å². The van der Waals surface area contributed by atoms with E-state index in [-0.39, 0.29) is 10.6 Å². The first-order valence-electron chi connectivity index (χ1n) is 6.22.